The Hall–Kier alpha value is -3.66. The molecule has 0 aliphatic heterocycles. The number of carbonyl (C=O) groups is 3. The van der Waals surface area contributed by atoms with Crippen LogP contribution in [0.5, 0.6) is 0 Å². The minimum absolute atomic E-state index is 0.0283. The zero-order valence-electron chi connectivity index (χ0n) is 19.6. The number of nitrogens with zero attached hydrogens (tertiary/aromatic N) is 2. The predicted molar refractivity (Wildman–Crippen MR) is 130 cm³/mol. The van der Waals surface area contributed by atoms with E-state index in [4.69, 9.17) is 15.9 Å². The van der Waals surface area contributed by atoms with Gasteiger partial charge in [-0.05, 0) is 56.4 Å². The first-order valence-electron chi connectivity index (χ1n) is 10.8. The van der Waals surface area contributed by atoms with E-state index in [9.17, 15) is 14.4 Å². The molecule has 0 saturated carbocycles. The lowest BCUT2D eigenvalue weighted by Gasteiger charge is -2.33. The van der Waals surface area contributed by atoms with Crippen molar-refractivity contribution in [3.05, 3.63) is 70.1 Å². The summed E-state index contributed by atoms with van der Waals surface area (Å²) in [6, 6.07) is 11.6. The molecule has 0 saturated heterocycles. The van der Waals surface area contributed by atoms with Gasteiger partial charge in [0.25, 0.3) is 17.7 Å². The third-order valence-electron chi connectivity index (χ3n) is 5.55. The summed E-state index contributed by atoms with van der Waals surface area (Å²) in [6.07, 6.45) is 0.680. The van der Waals surface area contributed by atoms with Crippen LogP contribution in [0, 0.1) is 6.92 Å². The van der Waals surface area contributed by atoms with Crippen molar-refractivity contribution in [1.29, 1.82) is 0 Å². The molecule has 3 aromatic rings. The number of aromatic nitrogens is 1. The molecular formula is C24H29N5O4S. The number of rotatable bonds is 9. The van der Waals surface area contributed by atoms with Gasteiger partial charge >= 0.3 is 0 Å². The number of aryl methyl sites for hydroxylation is 1. The van der Waals surface area contributed by atoms with Crippen LogP contribution in [0.25, 0.3) is 0 Å². The number of furan rings is 1. The van der Waals surface area contributed by atoms with Gasteiger partial charge in [0.05, 0.1) is 5.69 Å². The maximum Gasteiger partial charge on any atom is 0.270 e. The zero-order chi connectivity index (χ0) is 25.0. The second-order valence-corrected chi connectivity index (χ2v) is 9.41. The quantitative estimate of drug-likeness (QED) is 0.425. The normalized spacial score (nSPS) is 12.2. The number of nitrogens with one attached hydrogen (secondary N) is 1. The molecule has 3 amide bonds. The molecule has 10 heteroatoms. The van der Waals surface area contributed by atoms with E-state index in [1.807, 2.05) is 51.1 Å². The molecule has 0 fully saturated rings. The minimum atomic E-state index is -1.09. The van der Waals surface area contributed by atoms with E-state index in [0.29, 0.717) is 17.9 Å². The van der Waals surface area contributed by atoms with Gasteiger partial charge in [0, 0.05) is 12.1 Å². The molecule has 2 heterocycles. The third-order valence-corrected chi connectivity index (χ3v) is 6.40. The van der Waals surface area contributed by atoms with Crippen molar-refractivity contribution in [3.8, 4) is 0 Å². The summed E-state index contributed by atoms with van der Waals surface area (Å²) in [7, 11) is 0. The van der Waals surface area contributed by atoms with Crippen LogP contribution in [0.3, 0.4) is 0 Å². The predicted octanol–water partition coefficient (Wildman–Crippen LogP) is 3.41. The molecule has 3 rings (SSSR count). The third kappa shape index (κ3) is 5.45. The van der Waals surface area contributed by atoms with Gasteiger partial charge in [-0.2, -0.15) is 4.37 Å². The van der Waals surface area contributed by atoms with Crippen LogP contribution in [-0.2, 0) is 11.3 Å². The molecular weight excluding hydrogens is 454 g/mol. The Morgan fingerprint density at radius 3 is 2.38 bits per heavy atom. The average Bonchev–Trinajstić information content (AvgIpc) is 3.38. The molecule has 9 nitrogen and oxygen atoms in total. The van der Waals surface area contributed by atoms with E-state index in [2.05, 4.69) is 9.69 Å². The fraction of sp³-hybridized carbons (Fsp3) is 0.333. The smallest absolute Gasteiger partial charge is 0.270 e. The van der Waals surface area contributed by atoms with Crippen LogP contribution in [-0.4, -0.2) is 32.5 Å². The van der Waals surface area contributed by atoms with Crippen molar-refractivity contribution < 1.29 is 18.8 Å². The molecule has 34 heavy (non-hydrogen) atoms. The number of nitrogen functional groups attached to an aromatic ring is 1. The van der Waals surface area contributed by atoms with E-state index in [0.717, 1.165) is 17.1 Å². The lowest BCUT2D eigenvalue weighted by atomic mass is 10.0. The fourth-order valence-electron chi connectivity index (χ4n) is 3.34. The van der Waals surface area contributed by atoms with Crippen molar-refractivity contribution in [3.63, 3.8) is 0 Å². The Morgan fingerprint density at radius 2 is 1.85 bits per heavy atom. The highest BCUT2D eigenvalue weighted by atomic mass is 32.1. The Morgan fingerprint density at radius 1 is 1.18 bits per heavy atom. The van der Waals surface area contributed by atoms with Gasteiger partial charge < -0.3 is 26.1 Å². The second kappa shape index (κ2) is 10.1. The monoisotopic (exact) mass is 483 g/mol. The molecule has 5 N–H and O–H groups in total. The summed E-state index contributed by atoms with van der Waals surface area (Å²) < 4.78 is 9.77. The van der Waals surface area contributed by atoms with Gasteiger partial charge in [-0.25, -0.2) is 0 Å². The van der Waals surface area contributed by atoms with E-state index >= 15 is 0 Å². The van der Waals surface area contributed by atoms with Gasteiger partial charge in [-0.15, -0.1) is 0 Å². The van der Waals surface area contributed by atoms with E-state index in [1.165, 1.54) is 4.90 Å². The van der Waals surface area contributed by atoms with Crippen molar-refractivity contribution >= 4 is 34.9 Å². The van der Waals surface area contributed by atoms with E-state index < -0.39 is 29.3 Å². The van der Waals surface area contributed by atoms with E-state index in [1.54, 1.807) is 19.1 Å². The largest absolute Gasteiger partial charge is 0.464 e. The highest BCUT2D eigenvalue weighted by molar-refractivity contribution is 7.09. The molecule has 0 radical (unpaired) electrons. The number of benzene rings is 1. The molecule has 0 unspecified atom stereocenters. The summed E-state index contributed by atoms with van der Waals surface area (Å²) >= 11 is 0.769. The summed E-state index contributed by atoms with van der Waals surface area (Å²) in [4.78, 5) is 40.5. The van der Waals surface area contributed by atoms with Crippen LogP contribution in [0.2, 0.25) is 0 Å². The Bertz CT molecular complexity index is 1190. The van der Waals surface area contributed by atoms with Crippen LogP contribution >= 0.6 is 11.5 Å². The molecule has 1 atom stereocenters. The molecule has 180 valence electrons. The van der Waals surface area contributed by atoms with Crippen LogP contribution in [0.1, 0.15) is 70.5 Å². The standard InChI is InChI=1S/C24H29N5O4S/c1-5-24(3,4)27-22(31)19(16-12-11-14(2)33-16)29(13-15-9-7-6-8-10-15)23(32)20-17(25)18(21(26)30)28-34-20/h6-12,19H,5,13,25H2,1-4H3,(H2,26,30)(H,27,31)/t19-/m0/s1. The maximum atomic E-state index is 13.8. The zero-order valence-corrected chi connectivity index (χ0v) is 20.4. The lowest BCUT2D eigenvalue weighted by molar-refractivity contribution is -0.128. The highest BCUT2D eigenvalue weighted by Crippen LogP contribution is 2.31. The van der Waals surface area contributed by atoms with Crippen molar-refractivity contribution in [1.82, 2.24) is 14.6 Å². The molecule has 2 aromatic heterocycles. The SMILES string of the molecule is CCC(C)(C)NC(=O)[C@H](c1ccc(C)o1)N(Cc1ccccc1)C(=O)c1snc(C(N)=O)c1N. The maximum absolute atomic E-state index is 13.8. The summed E-state index contributed by atoms with van der Waals surface area (Å²) in [5.41, 5.74) is 11.4. The number of amides is 3. The number of hydrogen-bond acceptors (Lipinski definition) is 7. The number of carbonyl (C=O) groups excluding carboxylic acids is 3. The molecule has 0 aliphatic rings. The first-order chi connectivity index (χ1) is 16.0. The second-order valence-electron chi connectivity index (χ2n) is 8.63. The van der Waals surface area contributed by atoms with Crippen molar-refractivity contribution in [2.45, 2.75) is 52.2 Å². The van der Waals surface area contributed by atoms with Crippen LogP contribution < -0.4 is 16.8 Å². The summed E-state index contributed by atoms with van der Waals surface area (Å²) in [5.74, 6) is -0.881. The van der Waals surface area contributed by atoms with Gasteiger partial charge in [0.15, 0.2) is 11.7 Å². The Labute approximate surface area is 202 Å². The molecule has 1 aromatic carbocycles. The van der Waals surface area contributed by atoms with Gasteiger partial charge in [0.1, 0.15) is 16.4 Å². The van der Waals surface area contributed by atoms with Gasteiger partial charge in [-0.1, -0.05) is 37.3 Å². The highest BCUT2D eigenvalue weighted by Gasteiger charge is 2.38. The summed E-state index contributed by atoms with van der Waals surface area (Å²) in [5, 5.41) is 3.01. The van der Waals surface area contributed by atoms with Gasteiger partial charge in [0.2, 0.25) is 0 Å². The Kier molecular flexibility index (Phi) is 7.41. The molecule has 0 spiro atoms. The number of hydrogen-bond donors (Lipinski definition) is 3. The minimum Gasteiger partial charge on any atom is -0.464 e. The van der Waals surface area contributed by atoms with Crippen LogP contribution in [0.15, 0.2) is 46.9 Å². The number of anilines is 1. The Balaban J connectivity index is 2.12. The van der Waals surface area contributed by atoms with Crippen molar-refractivity contribution in [2.75, 3.05) is 5.73 Å². The van der Waals surface area contributed by atoms with Gasteiger partial charge in [-0.3, -0.25) is 14.4 Å². The summed E-state index contributed by atoms with van der Waals surface area (Å²) in [6.45, 7) is 7.62. The molecule has 0 aliphatic carbocycles. The molecule has 0 bridgehead atoms. The number of primary amides is 1. The first kappa shape index (κ1) is 25.0. The first-order valence-corrected chi connectivity index (χ1v) is 11.6. The lowest BCUT2D eigenvalue weighted by Crippen LogP contribution is -2.50. The topological polar surface area (TPSA) is 145 Å². The number of nitrogens with two attached hydrogens (primary N) is 2. The average molecular weight is 484 g/mol. The van der Waals surface area contributed by atoms with E-state index in [-0.39, 0.29) is 22.8 Å². The van der Waals surface area contributed by atoms with Crippen LogP contribution in [0.4, 0.5) is 5.69 Å². The van der Waals surface area contributed by atoms with Crippen molar-refractivity contribution in [2.24, 2.45) is 5.73 Å². The fourth-order valence-corrected chi connectivity index (χ4v) is 4.10.